The molecule has 0 saturated carbocycles. The van der Waals surface area contributed by atoms with E-state index >= 15 is 0 Å². The number of aromatic nitrogens is 1. The summed E-state index contributed by atoms with van der Waals surface area (Å²) < 4.78 is 0. The summed E-state index contributed by atoms with van der Waals surface area (Å²) in [5, 5.41) is 14.7. The lowest BCUT2D eigenvalue weighted by atomic mass is 10.1. The van der Waals surface area contributed by atoms with Gasteiger partial charge in [-0.2, -0.15) is 0 Å². The van der Waals surface area contributed by atoms with Gasteiger partial charge in [-0.3, -0.25) is 4.79 Å². The summed E-state index contributed by atoms with van der Waals surface area (Å²) in [5.41, 5.74) is 6.67. The van der Waals surface area contributed by atoms with E-state index in [-0.39, 0.29) is 17.7 Å². The number of carbonyl (C=O) groups is 1. The minimum Gasteiger partial charge on any atom is -0.508 e. The molecule has 4 N–H and O–H groups in total. The van der Waals surface area contributed by atoms with Gasteiger partial charge in [0, 0.05) is 11.9 Å². The first-order chi connectivity index (χ1) is 9.10. The largest absolute Gasteiger partial charge is 0.508 e. The molecule has 0 saturated heterocycles. The lowest BCUT2D eigenvalue weighted by molar-refractivity contribution is 0.0935. The molecule has 0 spiro atoms. The van der Waals surface area contributed by atoms with Crippen molar-refractivity contribution in [2.24, 2.45) is 5.73 Å². The third-order valence-electron chi connectivity index (χ3n) is 2.68. The Bertz CT molecular complexity index is 583. The fraction of sp³-hybridized carbons (Fsp3) is 0.231. The number of phenols is 1. The van der Waals surface area contributed by atoms with Crippen LogP contribution in [0.5, 0.6) is 5.75 Å². The van der Waals surface area contributed by atoms with E-state index in [4.69, 9.17) is 5.73 Å². The zero-order valence-electron chi connectivity index (χ0n) is 10.5. The van der Waals surface area contributed by atoms with Crippen molar-refractivity contribution in [3.05, 3.63) is 45.9 Å². The zero-order chi connectivity index (χ0) is 13.8. The number of carbonyl (C=O) groups excluding carboxylic acids is 1. The Balaban J connectivity index is 2.06. The number of nitrogens with two attached hydrogens (primary N) is 1. The van der Waals surface area contributed by atoms with E-state index in [1.165, 1.54) is 11.3 Å². The molecule has 1 heterocycles. The van der Waals surface area contributed by atoms with E-state index in [9.17, 15) is 9.90 Å². The Labute approximate surface area is 115 Å². The van der Waals surface area contributed by atoms with Crippen LogP contribution < -0.4 is 11.1 Å². The van der Waals surface area contributed by atoms with Gasteiger partial charge in [0.25, 0.3) is 5.91 Å². The first-order valence-electron chi connectivity index (χ1n) is 5.84. The van der Waals surface area contributed by atoms with Crippen molar-refractivity contribution >= 4 is 17.2 Å². The summed E-state index contributed by atoms with van der Waals surface area (Å²) in [6, 6.07) is 6.59. The molecule has 0 aliphatic carbocycles. The van der Waals surface area contributed by atoms with Gasteiger partial charge in [-0.05, 0) is 24.6 Å². The van der Waals surface area contributed by atoms with E-state index in [0.29, 0.717) is 12.2 Å². The molecule has 19 heavy (non-hydrogen) atoms. The highest BCUT2D eigenvalue weighted by molar-refractivity contribution is 7.09. The molecule has 0 fully saturated rings. The maximum Gasteiger partial charge on any atom is 0.271 e. The summed E-state index contributed by atoms with van der Waals surface area (Å²) in [6.07, 6.45) is 0. The Morgan fingerprint density at radius 1 is 1.58 bits per heavy atom. The van der Waals surface area contributed by atoms with Crippen molar-refractivity contribution in [1.29, 1.82) is 0 Å². The van der Waals surface area contributed by atoms with E-state index < -0.39 is 0 Å². The first kappa shape index (κ1) is 13.5. The SMILES string of the molecule is CC(NC(=O)c1csc(CN)n1)c1cccc(O)c1. The smallest absolute Gasteiger partial charge is 0.271 e. The van der Waals surface area contributed by atoms with Gasteiger partial charge < -0.3 is 16.2 Å². The highest BCUT2D eigenvalue weighted by Crippen LogP contribution is 2.18. The lowest BCUT2D eigenvalue weighted by Gasteiger charge is -2.13. The summed E-state index contributed by atoms with van der Waals surface area (Å²) >= 11 is 1.37. The number of amides is 1. The molecule has 2 aromatic rings. The van der Waals surface area contributed by atoms with Crippen molar-refractivity contribution in [2.75, 3.05) is 0 Å². The van der Waals surface area contributed by atoms with Crippen LogP contribution >= 0.6 is 11.3 Å². The van der Waals surface area contributed by atoms with Crippen molar-refractivity contribution in [2.45, 2.75) is 19.5 Å². The summed E-state index contributed by atoms with van der Waals surface area (Å²) in [7, 11) is 0. The summed E-state index contributed by atoms with van der Waals surface area (Å²) in [5.74, 6) is -0.0653. The van der Waals surface area contributed by atoms with Crippen LogP contribution in [0.25, 0.3) is 0 Å². The maximum absolute atomic E-state index is 12.0. The number of phenolic OH excluding ortho intramolecular Hbond substituents is 1. The molecule has 1 atom stereocenters. The zero-order valence-corrected chi connectivity index (χ0v) is 11.3. The summed E-state index contributed by atoms with van der Waals surface area (Å²) in [6.45, 7) is 2.18. The van der Waals surface area contributed by atoms with Gasteiger partial charge in [0.2, 0.25) is 0 Å². The molecule has 0 aliphatic rings. The number of hydrogen-bond donors (Lipinski definition) is 3. The Morgan fingerprint density at radius 2 is 2.37 bits per heavy atom. The Hall–Kier alpha value is -1.92. The average Bonchev–Trinajstić information content (AvgIpc) is 2.87. The van der Waals surface area contributed by atoms with Crippen LogP contribution in [0.4, 0.5) is 0 Å². The highest BCUT2D eigenvalue weighted by Gasteiger charge is 2.14. The number of aromatic hydroxyl groups is 1. The molecule has 1 aromatic carbocycles. The molecule has 100 valence electrons. The van der Waals surface area contributed by atoms with Crippen molar-refractivity contribution in [1.82, 2.24) is 10.3 Å². The predicted molar refractivity (Wildman–Crippen MR) is 74.0 cm³/mol. The molecule has 2 rings (SSSR count). The average molecular weight is 277 g/mol. The Kier molecular flexibility index (Phi) is 4.13. The van der Waals surface area contributed by atoms with Crippen LogP contribution in [-0.2, 0) is 6.54 Å². The van der Waals surface area contributed by atoms with Crippen LogP contribution in [0.15, 0.2) is 29.6 Å². The third-order valence-corrected chi connectivity index (χ3v) is 3.55. The van der Waals surface area contributed by atoms with Crippen LogP contribution in [0.2, 0.25) is 0 Å². The fourth-order valence-electron chi connectivity index (χ4n) is 1.66. The van der Waals surface area contributed by atoms with Gasteiger partial charge in [-0.25, -0.2) is 4.98 Å². The number of hydrogen-bond acceptors (Lipinski definition) is 5. The van der Waals surface area contributed by atoms with Gasteiger partial charge in [0.15, 0.2) is 0 Å². The monoisotopic (exact) mass is 277 g/mol. The molecule has 5 nitrogen and oxygen atoms in total. The predicted octanol–water partition coefficient (Wildman–Crippen LogP) is 1.80. The number of benzene rings is 1. The Morgan fingerprint density at radius 3 is 3.00 bits per heavy atom. The molecule has 1 amide bonds. The molecule has 1 unspecified atom stereocenters. The molecule has 0 aliphatic heterocycles. The van der Waals surface area contributed by atoms with E-state index in [1.807, 2.05) is 13.0 Å². The third kappa shape index (κ3) is 3.30. The van der Waals surface area contributed by atoms with Crippen molar-refractivity contribution in [3.8, 4) is 5.75 Å². The van der Waals surface area contributed by atoms with Gasteiger partial charge in [-0.15, -0.1) is 11.3 Å². The number of nitrogens with one attached hydrogen (secondary N) is 1. The van der Waals surface area contributed by atoms with Crippen LogP contribution in [0, 0.1) is 0 Å². The standard InChI is InChI=1S/C13H15N3O2S/c1-8(9-3-2-4-10(17)5-9)15-13(18)11-7-19-12(6-14)16-11/h2-5,7-8,17H,6,14H2,1H3,(H,15,18). The van der Waals surface area contributed by atoms with E-state index in [2.05, 4.69) is 10.3 Å². The second-order valence-electron chi connectivity index (χ2n) is 4.12. The number of thiazole rings is 1. The van der Waals surface area contributed by atoms with Crippen LogP contribution in [0.3, 0.4) is 0 Å². The van der Waals surface area contributed by atoms with Gasteiger partial charge in [0.1, 0.15) is 16.5 Å². The minimum absolute atomic E-state index is 0.178. The quantitative estimate of drug-likeness (QED) is 0.795. The lowest BCUT2D eigenvalue weighted by Crippen LogP contribution is -2.26. The minimum atomic E-state index is -0.244. The first-order valence-corrected chi connectivity index (χ1v) is 6.72. The van der Waals surface area contributed by atoms with Crippen molar-refractivity contribution < 1.29 is 9.90 Å². The molecule has 0 bridgehead atoms. The normalized spacial score (nSPS) is 12.1. The molecule has 1 aromatic heterocycles. The van der Waals surface area contributed by atoms with Crippen LogP contribution in [-0.4, -0.2) is 16.0 Å². The molecule has 6 heteroatoms. The topological polar surface area (TPSA) is 88.2 Å². The van der Waals surface area contributed by atoms with Crippen molar-refractivity contribution in [3.63, 3.8) is 0 Å². The molecule has 0 radical (unpaired) electrons. The number of nitrogens with zero attached hydrogens (tertiary/aromatic N) is 1. The van der Waals surface area contributed by atoms with E-state index in [1.54, 1.807) is 23.6 Å². The van der Waals surface area contributed by atoms with E-state index in [0.717, 1.165) is 10.6 Å². The summed E-state index contributed by atoms with van der Waals surface area (Å²) in [4.78, 5) is 16.1. The van der Waals surface area contributed by atoms with Crippen LogP contribution in [0.1, 0.15) is 34.0 Å². The van der Waals surface area contributed by atoms with Gasteiger partial charge in [-0.1, -0.05) is 12.1 Å². The number of rotatable bonds is 4. The molecular weight excluding hydrogens is 262 g/mol. The van der Waals surface area contributed by atoms with Gasteiger partial charge in [0.05, 0.1) is 6.04 Å². The highest BCUT2D eigenvalue weighted by atomic mass is 32.1. The molecular formula is C13H15N3O2S. The van der Waals surface area contributed by atoms with Gasteiger partial charge >= 0.3 is 0 Å². The fourth-order valence-corrected chi connectivity index (χ4v) is 2.31. The second-order valence-corrected chi connectivity index (χ2v) is 5.06. The second kappa shape index (κ2) is 5.81. The maximum atomic E-state index is 12.0.